The van der Waals surface area contributed by atoms with E-state index >= 15 is 0 Å². The Bertz CT molecular complexity index is 1730. The van der Waals surface area contributed by atoms with Crippen molar-refractivity contribution in [1.82, 2.24) is 19.5 Å². The van der Waals surface area contributed by atoms with Crippen LogP contribution < -0.4 is 0 Å². The fourth-order valence-electron chi connectivity index (χ4n) is 4.57. The number of benzene rings is 2. The third-order valence-corrected chi connectivity index (χ3v) is 5.96. The monoisotopic (exact) mass is 412 g/mol. The molecule has 0 saturated heterocycles. The van der Waals surface area contributed by atoms with Crippen molar-refractivity contribution in [3.8, 4) is 16.9 Å². The van der Waals surface area contributed by atoms with Crippen molar-refractivity contribution in [2.75, 3.05) is 0 Å². The van der Waals surface area contributed by atoms with Gasteiger partial charge in [-0.25, -0.2) is 0 Å². The highest BCUT2D eigenvalue weighted by Crippen LogP contribution is 2.36. The van der Waals surface area contributed by atoms with Crippen LogP contribution in [-0.2, 0) is 0 Å². The molecule has 7 rings (SSSR count). The second-order valence-corrected chi connectivity index (χ2v) is 7.76. The summed E-state index contributed by atoms with van der Waals surface area (Å²) >= 11 is 0. The predicted molar refractivity (Wildman–Crippen MR) is 127 cm³/mol. The van der Waals surface area contributed by atoms with Gasteiger partial charge in [0.1, 0.15) is 11.1 Å². The summed E-state index contributed by atoms with van der Waals surface area (Å²) < 4.78 is 8.51. The molecule has 5 nitrogen and oxygen atoms in total. The molecule has 0 unspecified atom stereocenters. The van der Waals surface area contributed by atoms with Gasteiger partial charge in [0.05, 0.1) is 22.2 Å². The highest BCUT2D eigenvalue weighted by atomic mass is 16.3. The smallest absolute Gasteiger partial charge is 0.163 e. The molecule has 5 aromatic heterocycles. The summed E-state index contributed by atoms with van der Waals surface area (Å²) in [6, 6.07) is 26.5. The SMILES string of the molecule is c1ccc(-c2ccnc3c2oc2ccc(-n4c5ccccc5c5ncccc54)cc23)nc1. The van der Waals surface area contributed by atoms with E-state index in [2.05, 4.69) is 62.0 Å². The second-order valence-electron chi connectivity index (χ2n) is 7.76. The van der Waals surface area contributed by atoms with Gasteiger partial charge in [-0.15, -0.1) is 0 Å². The number of nitrogens with zero attached hydrogens (tertiary/aromatic N) is 4. The summed E-state index contributed by atoms with van der Waals surface area (Å²) in [6.45, 7) is 0. The first-order chi connectivity index (χ1) is 15.9. The molecule has 2 aromatic carbocycles. The molecule has 0 fully saturated rings. The van der Waals surface area contributed by atoms with E-state index in [0.717, 1.165) is 61.0 Å². The Hall–Kier alpha value is -4.51. The molecule has 0 saturated carbocycles. The summed E-state index contributed by atoms with van der Waals surface area (Å²) in [7, 11) is 0. The zero-order chi connectivity index (χ0) is 21.1. The summed E-state index contributed by atoms with van der Waals surface area (Å²) in [4.78, 5) is 13.8. The van der Waals surface area contributed by atoms with E-state index in [4.69, 9.17) is 4.42 Å². The lowest BCUT2D eigenvalue weighted by atomic mass is 10.1. The first kappa shape index (κ1) is 17.2. The molecule has 150 valence electrons. The first-order valence-corrected chi connectivity index (χ1v) is 10.5. The number of para-hydroxylation sites is 1. The Morgan fingerprint density at radius 2 is 1.47 bits per heavy atom. The van der Waals surface area contributed by atoms with E-state index in [-0.39, 0.29) is 0 Å². The van der Waals surface area contributed by atoms with Gasteiger partial charge in [-0.05, 0) is 54.6 Å². The van der Waals surface area contributed by atoms with Crippen LogP contribution in [0.25, 0.3) is 61.0 Å². The number of hydrogen-bond acceptors (Lipinski definition) is 4. The van der Waals surface area contributed by atoms with E-state index in [9.17, 15) is 0 Å². The fraction of sp³-hybridized carbons (Fsp3) is 0. The third kappa shape index (κ3) is 2.36. The van der Waals surface area contributed by atoms with Crippen molar-refractivity contribution in [3.63, 3.8) is 0 Å². The highest BCUT2D eigenvalue weighted by Gasteiger charge is 2.17. The molecule has 0 bridgehead atoms. The Kier molecular flexibility index (Phi) is 3.49. The van der Waals surface area contributed by atoms with Crippen LogP contribution in [0, 0.1) is 0 Å². The number of aromatic nitrogens is 4. The van der Waals surface area contributed by atoms with Crippen LogP contribution in [0.2, 0.25) is 0 Å². The van der Waals surface area contributed by atoms with E-state index < -0.39 is 0 Å². The van der Waals surface area contributed by atoms with E-state index in [1.807, 2.05) is 48.8 Å². The molecule has 5 heterocycles. The summed E-state index contributed by atoms with van der Waals surface area (Å²) in [5, 5.41) is 2.11. The van der Waals surface area contributed by atoms with Gasteiger partial charge in [0.25, 0.3) is 0 Å². The van der Waals surface area contributed by atoms with Crippen molar-refractivity contribution < 1.29 is 4.42 Å². The lowest BCUT2D eigenvalue weighted by Gasteiger charge is -2.07. The van der Waals surface area contributed by atoms with Gasteiger partial charge in [-0.2, -0.15) is 0 Å². The number of furan rings is 1. The number of fused-ring (bicyclic) bond motifs is 6. The lowest BCUT2D eigenvalue weighted by Crippen LogP contribution is -1.93. The Morgan fingerprint density at radius 3 is 2.41 bits per heavy atom. The average Bonchev–Trinajstić information content (AvgIpc) is 3.40. The molecule has 0 radical (unpaired) electrons. The quantitative estimate of drug-likeness (QED) is 0.324. The second kappa shape index (κ2) is 6.49. The molecule has 0 aliphatic rings. The maximum absolute atomic E-state index is 6.26. The maximum atomic E-state index is 6.26. The molecular weight excluding hydrogens is 396 g/mol. The van der Waals surface area contributed by atoms with Crippen molar-refractivity contribution in [2.24, 2.45) is 0 Å². The van der Waals surface area contributed by atoms with Gasteiger partial charge >= 0.3 is 0 Å². The summed E-state index contributed by atoms with van der Waals surface area (Å²) in [5.74, 6) is 0. The van der Waals surface area contributed by atoms with Crippen LogP contribution >= 0.6 is 0 Å². The van der Waals surface area contributed by atoms with E-state index in [1.165, 1.54) is 0 Å². The van der Waals surface area contributed by atoms with Crippen LogP contribution in [0.5, 0.6) is 0 Å². The molecule has 0 amide bonds. The molecule has 5 heteroatoms. The van der Waals surface area contributed by atoms with Crippen molar-refractivity contribution >= 4 is 44.0 Å². The van der Waals surface area contributed by atoms with Crippen LogP contribution in [0.3, 0.4) is 0 Å². The molecule has 32 heavy (non-hydrogen) atoms. The molecule has 0 aliphatic carbocycles. The molecular formula is C27H16N4O. The molecule has 0 N–H and O–H groups in total. The minimum Gasteiger partial charge on any atom is -0.454 e. The average molecular weight is 412 g/mol. The number of pyridine rings is 3. The van der Waals surface area contributed by atoms with Gasteiger partial charge in [-0.3, -0.25) is 15.0 Å². The molecule has 0 spiro atoms. The zero-order valence-corrected chi connectivity index (χ0v) is 16.9. The van der Waals surface area contributed by atoms with Crippen LogP contribution in [0.1, 0.15) is 0 Å². The normalized spacial score (nSPS) is 11.8. The lowest BCUT2D eigenvalue weighted by molar-refractivity contribution is 0.669. The van der Waals surface area contributed by atoms with E-state index in [0.29, 0.717) is 0 Å². The fourth-order valence-corrected chi connectivity index (χ4v) is 4.57. The first-order valence-electron chi connectivity index (χ1n) is 10.5. The topological polar surface area (TPSA) is 56.7 Å². The highest BCUT2D eigenvalue weighted by molar-refractivity contribution is 6.09. The summed E-state index contributed by atoms with van der Waals surface area (Å²) in [6.07, 6.45) is 5.45. The van der Waals surface area contributed by atoms with Crippen LogP contribution in [-0.4, -0.2) is 19.5 Å². The maximum Gasteiger partial charge on any atom is 0.163 e. The van der Waals surface area contributed by atoms with Crippen molar-refractivity contribution in [2.45, 2.75) is 0 Å². The molecule has 0 atom stereocenters. The van der Waals surface area contributed by atoms with Crippen molar-refractivity contribution in [3.05, 3.63) is 97.5 Å². The van der Waals surface area contributed by atoms with Gasteiger partial charge in [0.15, 0.2) is 5.58 Å². The largest absolute Gasteiger partial charge is 0.454 e. The molecule has 0 aliphatic heterocycles. The third-order valence-electron chi connectivity index (χ3n) is 5.96. The van der Waals surface area contributed by atoms with Crippen LogP contribution in [0.15, 0.2) is 102 Å². The Labute approximate surface area is 182 Å². The summed E-state index contributed by atoms with van der Waals surface area (Å²) in [5.41, 5.74) is 8.44. The zero-order valence-electron chi connectivity index (χ0n) is 16.9. The minimum atomic E-state index is 0.752. The van der Waals surface area contributed by atoms with Gasteiger partial charge in [0.2, 0.25) is 0 Å². The Balaban J connectivity index is 1.53. The van der Waals surface area contributed by atoms with Gasteiger partial charge in [-0.1, -0.05) is 24.3 Å². The van der Waals surface area contributed by atoms with Gasteiger partial charge < -0.3 is 8.98 Å². The Morgan fingerprint density at radius 1 is 0.625 bits per heavy atom. The van der Waals surface area contributed by atoms with Gasteiger partial charge in [0, 0.05) is 40.6 Å². The number of rotatable bonds is 2. The van der Waals surface area contributed by atoms with Crippen LogP contribution in [0.4, 0.5) is 0 Å². The number of hydrogen-bond donors (Lipinski definition) is 0. The standard InChI is InChI=1S/C27H16N4O/c1-2-8-22-19(6-1)25-23(9-5-14-29-25)31(22)17-10-11-24-20(16-17)26-27(32-24)18(12-15-30-26)21-7-3-4-13-28-21/h1-16H. The minimum absolute atomic E-state index is 0.752. The molecule has 7 aromatic rings. The van der Waals surface area contributed by atoms with Crippen molar-refractivity contribution in [1.29, 1.82) is 0 Å². The predicted octanol–water partition coefficient (Wildman–Crippen LogP) is 6.54. The van der Waals surface area contributed by atoms with E-state index in [1.54, 1.807) is 6.20 Å².